The Morgan fingerprint density at radius 2 is 2.14 bits per heavy atom. The Morgan fingerprint density at radius 3 is 2.77 bits per heavy atom. The fourth-order valence-corrected chi connectivity index (χ4v) is 2.53. The second-order valence-corrected chi connectivity index (χ2v) is 5.98. The van der Waals surface area contributed by atoms with Crippen LogP contribution in [0.3, 0.4) is 0 Å². The number of furan rings is 1. The molecule has 0 saturated heterocycles. The van der Waals surface area contributed by atoms with E-state index in [2.05, 4.69) is 10.6 Å². The smallest absolute Gasteiger partial charge is 0.315 e. The molecule has 1 aromatic heterocycles. The lowest BCUT2D eigenvalue weighted by molar-refractivity contribution is 0.162. The van der Waals surface area contributed by atoms with Gasteiger partial charge in [-0.25, -0.2) is 4.79 Å². The molecule has 5 nitrogen and oxygen atoms in total. The van der Waals surface area contributed by atoms with Crippen LogP contribution in [-0.4, -0.2) is 23.3 Å². The number of hydrogen-bond donors (Lipinski definition) is 3. The van der Waals surface area contributed by atoms with Gasteiger partial charge in [0.25, 0.3) is 0 Å². The molecule has 5 heteroatoms. The van der Waals surface area contributed by atoms with Gasteiger partial charge >= 0.3 is 6.03 Å². The minimum atomic E-state index is -0.605. The van der Waals surface area contributed by atoms with Crippen molar-refractivity contribution in [3.05, 3.63) is 36.1 Å². The number of amides is 2. The molecule has 0 aliphatic heterocycles. The molecular formula is C17H24N2O3. The average molecular weight is 304 g/mol. The normalized spacial score (nSPS) is 15.3. The first-order valence-electron chi connectivity index (χ1n) is 7.65. The summed E-state index contributed by atoms with van der Waals surface area (Å²) < 4.78 is 5.74. The van der Waals surface area contributed by atoms with E-state index in [4.69, 9.17) is 4.42 Å². The maximum Gasteiger partial charge on any atom is 0.315 e. The van der Waals surface area contributed by atoms with Gasteiger partial charge in [-0.05, 0) is 32.4 Å². The molecule has 2 amide bonds. The average Bonchev–Trinajstić information content (AvgIpc) is 2.91. The maximum absolute atomic E-state index is 12.1. The molecule has 0 aliphatic rings. The van der Waals surface area contributed by atoms with E-state index in [1.165, 1.54) is 0 Å². The molecule has 0 bridgehead atoms. The first-order chi connectivity index (χ1) is 10.5. The number of rotatable bonds is 6. The molecule has 0 spiro atoms. The third-order valence-corrected chi connectivity index (χ3v) is 3.79. The van der Waals surface area contributed by atoms with Crippen LogP contribution in [0.2, 0.25) is 0 Å². The van der Waals surface area contributed by atoms with Gasteiger partial charge in [0.2, 0.25) is 0 Å². The van der Waals surface area contributed by atoms with Gasteiger partial charge in [0, 0.05) is 5.39 Å². The standard InChI is InChI=1S/C17H24N2O3/c1-4-9-17(3,11-20)19-16(21)18-12(2)15-10-13-7-5-6-8-14(13)22-15/h5-8,10,12,20H,4,9,11H2,1-3H3,(H2,18,19,21). The molecule has 3 N–H and O–H groups in total. The largest absolute Gasteiger partial charge is 0.459 e. The van der Waals surface area contributed by atoms with E-state index in [9.17, 15) is 9.90 Å². The zero-order valence-corrected chi connectivity index (χ0v) is 13.3. The fraction of sp³-hybridized carbons (Fsp3) is 0.471. The number of carbonyl (C=O) groups excluding carboxylic acids is 1. The van der Waals surface area contributed by atoms with E-state index < -0.39 is 5.54 Å². The Hall–Kier alpha value is -2.01. The number of aliphatic hydroxyl groups is 1. The topological polar surface area (TPSA) is 74.5 Å². The maximum atomic E-state index is 12.1. The zero-order valence-electron chi connectivity index (χ0n) is 13.3. The fourth-order valence-electron chi connectivity index (χ4n) is 2.53. The minimum Gasteiger partial charge on any atom is -0.459 e. The lowest BCUT2D eigenvalue weighted by atomic mass is 9.97. The summed E-state index contributed by atoms with van der Waals surface area (Å²) in [7, 11) is 0. The van der Waals surface area contributed by atoms with Crippen molar-refractivity contribution in [2.24, 2.45) is 0 Å². The lowest BCUT2D eigenvalue weighted by Gasteiger charge is -2.29. The summed E-state index contributed by atoms with van der Waals surface area (Å²) in [5.74, 6) is 0.706. The summed E-state index contributed by atoms with van der Waals surface area (Å²) in [4.78, 5) is 12.1. The van der Waals surface area contributed by atoms with Gasteiger partial charge in [0.1, 0.15) is 11.3 Å². The molecule has 120 valence electrons. The highest BCUT2D eigenvalue weighted by molar-refractivity contribution is 5.78. The number of carbonyl (C=O) groups is 1. The summed E-state index contributed by atoms with van der Waals surface area (Å²) in [5, 5.41) is 16.1. The third kappa shape index (κ3) is 3.80. The molecule has 0 fully saturated rings. The van der Waals surface area contributed by atoms with Crippen molar-refractivity contribution in [3.8, 4) is 0 Å². The van der Waals surface area contributed by atoms with E-state index >= 15 is 0 Å². The predicted octanol–water partition coefficient (Wildman–Crippen LogP) is 3.34. The number of fused-ring (bicyclic) bond motifs is 1. The SMILES string of the molecule is CCCC(C)(CO)NC(=O)NC(C)c1cc2ccccc2o1. The van der Waals surface area contributed by atoms with Crippen molar-refractivity contribution in [2.75, 3.05) is 6.61 Å². The first kappa shape index (κ1) is 16.4. The molecule has 2 atom stereocenters. The molecule has 2 aromatic rings. The highest BCUT2D eigenvalue weighted by Gasteiger charge is 2.25. The lowest BCUT2D eigenvalue weighted by Crippen LogP contribution is -2.52. The van der Waals surface area contributed by atoms with Crippen LogP contribution in [-0.2, 0) is 0 Å². The minimum absolute atomic E-state index is 0.0900. The second kappa shape index (κ2) is 6.83. The van der Waals surface area contributed by atoms with E-state index in [1.807, 2.05) is 51.1 Å². The van der Waals surface area contributed by atoms with Crippen LogP contribution < -0.4 is 10.6 Å². The Balaban J connectivity index is 2.01. The van der Waals surface area contributed by atoms with Crippen LogP contribution in [0.25, 0.3) is 11.0 Å². The second-order valence-electron chi connectivity index (χ2n) is 5.98. The van der Waals surface area contributed by atoms with Crippen molar-refractivity contribution in [1.29, 1.82) is 0 Å². The molecule has 0 radical (unpaired) electrons. The molecule has 2 rings (SSSR count). The summed E-state index contributed by atoms with van der Waals surface area (Å²) >= 11 is 0. The molecule has 0 saturated carbocycles. The Bertz CT molecular complexity index is 605. The van der Waals surface area contributed by atoms with Crippen molar-refractivity contribution in [1.82, 2.24) is 10.6 Å². The Labute approximate surface area is 130 Å². The van der Waals surface area contributed by atoms with Crippen molar-refractivity contribution in [3.63, 3.8) is 0 Å². The number of hydrogen-bond acceptors (Lipinski definition) is 3. The molecule has 22 heavy (non-hydrogen) atoms. The van der Waals surface area contributed by atoms with Crippen LogP contribution in [0.1, 0.15) is 45.4 Å². The number of urea groups is 1. The van der Waals surface area contributed by atoms with Crippen LogP contribution in [0.15, 0.2) is 34.7 Å². The summed E-state index contributed by atoms with van der Waals surface area (Å²) in [6.07, 6.45) is 1.60. The van der Waals surface area contributed by atoms with Gasteiger partial charge in [-0.3, -0.25) is 0 Å². The third-order valence-electron chi connectivity index (χ3n) is 3.79. The molecule has 2 unspecified atom stereocenters. The van der Waals surface area contributed by atoms with Gasteiger partial charge in [-0.1, -0.05) is 31.5 Å². The number of benzene rings is 1. The van der Waals surface area contributed by atoms with Crippen LogP contribution in [0.5, 0.6) is 0 Å². The number of nitrogens with one attached hydrogen (secondary N) is 2. The zero-order chi connectivity index (χ0) is 16.2. The Kier molecular flexibility index (Phi) is 5.08. The van der Waals surface area contributed by atoms with Gasteiger partial charge in [0.05, 0.1) is 18.2 Å². The van der Waals surface area contributed by atoms with Gasteiger partial charge in [-0.15, -0.1) is 0 Å². The molecule has 0 aliphatic carbocycles. The van der Waals surface area contributed by atoms with Gasteiger partial charge < -0.3 is 20.2 Å². The molecular weight excluding hydrogens is 280 g/mol. The van der Waals surface area contributed by atoms with Crippen LogP contribution in [0, 0.1) is 0 Å². The van der Waals surface area contributed by atoms with Crippen molar-refractivity contribution < 1.29 is 14.3 Å². The first-order valence-corrected chi connectivity index (χ1v) is 7.65. The Morgan fingerprint density at radius 1 is 1.41 bits per heavy atom. The van der Waals surface area contributed by atoms with Crippen molar-refractivity contribution in [2.45, 2.75) is 45.2 Å². The number of para-hydroxylation sites is 1. The van der Waals surface area contributed by atoms with E-state index in [-0.39, 0.29) is 18.7 Å². The van der Waals surface area contributed by atoms with E-state index in [0.29, 0.717) is 5.76 Å². The molecule has 1 heterocycles. The van der Waals surface area contributed by atoms with Gasteiger partial charge in [0.15, 0.2) is 0 Å². The van der Waals surface area contributed by atoms with Crippen LogP contribution >= 0.6 is 0 Å². The summed E-state index contributed by atoms with van der Waals surface area (Å²) in [5.41, 5.74) is 0.199. The predicted molar refractivity (Wildman–Crippen MR) is 86.7 cm³/mol. The quantitative estimate of drug-likeness (QED) is 0.766. The van der Waals surface area contributed by atoms with Gasteiger partial charge in [-0.2, -0.15) is 0 Å². The van der Waals surface area contributed by atoms with Crippen LogP contribution in [0.4, 0.5) is 4.79 Å². The van der Waals surface area contributed by atoms with E-state index in [1.54, 1.807) is 0 Å². The highest BCUT2D eigenvalue weighted by atomic mass is 16.3. The monoisotopic (exact) mass is 304 g/mol. The summed E-state index contributed by atoms with van der Waals surface area (Å²) in [6.45, 7) is 5.63. The van der Waals surface area contributed by atoms with E-state index in [0.717, 1.165) is 23.8 Å². The van der Waals surface area contributed by atoms with Crippen molar-refractivity contribution >= 4 is 17.0 Å². The highest BCUT2D eigenvalue weighted by Crippen LogP contribution is 2.23. The number of aliphatic hydroxyl groups excluding tert-OH is 1. The summed E-state index contributed by atoms with van der Waals surface area (Å²) in [6, 6.07) is 9.10. The molecule has 1 aromatic carbocycles.